The molecule has 3 rings (SSSR count). The number of hydrogen-bond acceptors (Lipinski definition) is 18. The average Bonchev–Trinajstić information content (AvgIpc) is 0.786. The molecule has 19 heteroatoms. The molecule has 0 aromatic rings. The third kappa shape index (κ3) is 37.3. The summed E-state index contributed by atoms with van der Waals surface area (Å²) in [6.07, 6.45) is 50.3. The van der Waals surface area contributed by atoms with Gasteiger partial charge in [0.2, 0.25) is 5.91 Å². The Labute approximate surface area is 569 Å². The molecule has 95 heavy (non-hydrogen) atoms. The molecule has 3 heterocycles. The summed E-state index contributed by atoms with van der Waals surface area (Å²) in [5.74, 6) is -0.299. The Morgan fingerprint density at radius 3 is 1.18 bits per heavy atom. The van der Waals surface area contributed by atoms with Crippen LogP contribution in [-0.2, 0) is 33.2 Å². The number of aliphatic hydroxyl groups is 11. The lowest BCUT2D eigenvalue weighted by atomic mass is 9.96. The molecule has 3 aliphatic rings. The van der Waals surface area contributed by atoms with Crippen molar-refractivity contribution in [2.45, 2.75) is 324 Å². The molecule has 0 radical (unpaired) electrons. The molecule has 0 saturated carbocycles. The first-order valence-corrected chi connectivity index (χ1v) is 36.3. The molecule has 0 aromatic heterocycles. The largest absolute Gasteiger partial charge is 0.394 e. The number of carbonyl (C=O) groups is 1. The second kappa shape index (κ2) is 56.0. The topological polar surface area (TPSA) is 307 Å². The number of rotatable bonds is 54. The standard InChI is InChI=1S/C76H127NO18/c1-3-5-7-9-11-13-15-17-19-21-22-23-24-25-26-27-28-29-30-31-32-33-34-35-36-38-40-42-44-46-48-50-52-54-64(82)77-59(60(81)53-51-49-47-45-43-41-39-37-20-18-16-14-12-10-8-6-4-2)58-90-74-70(88)67(85)72(62(56-79)92-74)95-76-71(89)68(86)73(63(57-80)93-76)94-75-69(87)66(84)65(83)61(55-78)91-75/h5,7,11,13,17,19,22-23,25-26,28-29,31-32,34-35,43,45,51,53,59-63,65-76,78-81,83-89H,3-4,6,8-10,12,14-16,18,20-21,24,27,30,33,36-42,44,46-50,52,54-58H2,1-2H3,(H,77,82)/b7-5-,13-11-,19-17-,23-22-,26-25-,29-28-,32-31-,35-34-,45-43+,53-51+. The molecule has 3 fully saturated rings. The molecule has 0 aliphatic carbocycles. The van der Waals surface area contributed by atoms with Gasteiger partial charge in [0.15, 0.2) is 18.9 Å². The number of hydrogen-bond donors (Lipinski definition) is 12. The SMILES string of the molecule is CC/C=C\C/C=C\C/C=C\C/C=C\C/C=C\C/C=C\C/C=C\C/C=C\CCCCCCCCCCC(=O)NC(COC1OC(CO)C(OC2OC(CO)C(OC3OC(CO)C(O)C(O)C3O)C(O)C2O)C(O)C1O)C(O)/C=C/CC/C=C/CCCCCCCCCCCCC. The molecular formula is C76H127NO18. The van der Waals surface area contributed by atoms with Gasteiger partial charge in [-0.1, -0.05) is 238 Å². The van der Waals surface area contributed by atoms with E-state index in [2.05, 4.69) is 129 Å². The second-order valence-corrected chi connectivity index (χ2v) is 25.3. The van der Waals surface area contributed by atoms with Gasteiger partial charge in [-0.25, -0.2) is 0 Å². The van der Waals surface area contributed by atoms with E-state index in [-0.39, 0.29) is 18.9 Å². The van der Waals surface area contributed by atoms with Crippen LogP contribution in [0.2, 0.25) is 0 Å². The Balaban J connectivity index is 1.41. The van der Waals surface area contributed by atoms with Gasteiger partial charge in [0.05, 0.1) is 38.6 Å². The molecule has 3 saturated heterocycles. The van der Waals surface area contributed by atoms with Gasteiger partial charge in [-0.2, -0.15) is 0 Å². The highest BCUT2D eigenvalue weighted by Gasteiger charge is 2.53. The minimum Gasteiger partial charge on any atom is -0.394 e. The number of nitrogens with one attached hydrogen (secondary N) is 1. The van der Waals surface area contributed by atoms with E-state index in [0.717, 1.165) is 116 Å². The maximum atomic E-state index is 13.4. The fourth-order valence-electron chi connectivity index (χ4n) is 11.4. The maximum Gasteiger partial charge on any atom is 0.220 e. The zero-order valence-corrected chi connectivity index (χ0v) is 57.6. The predicted molar refractivity (Wildman–Crippen MR) is 373 cm³/mol. The highest BCUT2D eigenvalue weighted by molar-refractivity contribution is 5.76. The van der Waals surface area contributed by atoms with Gasteiger partial charge in [-0.3, -0.25) is 4.79 Å². The lowest BCUT2D eigenvalue weighted by Gasteiger charge is -2.48. The van der Waals surface area contributed by atoms with Crippen molar-refractivity contribution in [2.75, 3.05) is 26.4 Å². The van der Waals surface area contributed by atoms with Crippen LogP contribution in [0.5, 0.6) is 0 Å². The van der Waals surface area contributed by atoms with Crippen LogP contribution >= 0.6 is 0 Å². The molecule has 3 aliphatic heterocycles. The first-order valence-electron chi connectivity index (χ1n) is 36.3. The highest BCUT2D eigenvalue weighted by atomic mass is 16.8. The molecule has 0 aromatic carbocycles. The minimum atomic E-state index is -1.99. The lowest BCUT2D eigenvalue weighted by Crippen LogP contribution is -2.66. The van der Waals surface area contributed by atoms with Crippen molar-refractivity contribution in [3.63, 3.8) is 0 Å². The van der Waals surface area contributed by atoms with Crippen LogP contribution in [0.4, 0.5) is 0 Å². The zero-order valence-electron chi connectivity index (χ0n) is 57.6. The van der Waals surface area contributed by atoms with Crippen LogP contribution < -0.4 is 5.32 Å². The zero-order chi connectivity index (χ0) is 68.9. The quantitative estimate of drug-likeness (QED) is 0.0199. The van der Waals surface area contributed by atoms with Crippen molar-refractivity contribution in [1.82, 2.24) is 5.32 Å². The van der Waals surface area contributed by atoms with Crippen LogP contribution in [0.15, 0.2) is 122 Å². The Kier molecular flexibility index (Phi) is 50.3. The van der Waals surface area contributed by atoms with Gasteiger partial charge in [0.1, 0.15) is 73.2 Å². The van der Waals surface area contributed by atoms with E-state index >= 15 is 0 Å². The van der Waals surface area contributed by atoms with Gasteiger partial charge in [0, 0.05) is 6.42 Å². The molecule has 19 nitrogen and oxygen atoms in total. The third-order valence-electron chi connectivity index (χ3n) is 17.2. The third-order valence-corrected chi connectivity index (χ3v) is 17.2. The number of aliphatic hydroxyl groups excluding tert-OH is 11. The predicted octanol–water partition coefficient (Wildman–Crippen LogP) is 10.4. The molecule has 544 valence electrons. The molecule has 0 spiro atoms. The van der Waals surface area contributed by atoms with Crippen LogP contribution in [0.25, 0.3) is 0 Å². The molecule has 1 amide bonds. The molecule has 17 atom stereocenters. The van der Waals surface area contributed by atoms with Crippen molar-refractivity contribution in [1.29, 1.82) is 0 Å². The van der Waals surface area contributed by atoms with E-state index in [1.54, 1.807) is 6.08 Å². The summed E-state index contributed by atoms with van der Waals surface area (Å²) in [4.78, 5) is 13.4. The van der Waals surface area contributed by atoms with Crippen LogP contribution in [0, 0.1) is 0 Å². The summed E-state index contributed by atoms with van der Waals surface area (Å²) in [7, 11) is 0. The van der Waals surface area contributed by atoms with Crippen molar-refractivity contribution >= 4 is 5.91 Å². The summed E-state index contributed by atoms with van der Waals surface area (Å²) in [6.45, 7) is 1.58. The van der Waals surface area contributed by atoms with Gasteiger partial charge < -0.3 is 89.9 Å². The number of amides is 1. The molecule has 12 N–H and O–H groups in total. The van der Waals surface area contributed by atoms with Crippen molar-refractivity contribution in [2.24, 2.45) is 0 Å². The average molecular weight is 1340 g/mol. The first kappa shape index (κ1) is 85.4. The van der Waals surface area contributed by atoms with E-state index in [1.165, 1.54) is 70.6 Å². The number of ether oxygens (including phenoxy) is 6. The van der Waals surface area contributed by atoms with Crippen LogP contribution in [0.1, 0.15) is 219 Å². The van der Waals surface area contributed by atoms with Crippen molar-refractivity contribution in [3.05, 3.63) is 122 Å². The van der Waals surface area contributed by atoms with Crippen LogP contribution in [0.3, 0.4) is 0 Å². The maximum absolute atomic E-state index is 13.4. The Bertz CT molecular complexity index is 2190. The molecule has 0 bridgehead atoms. The van der Waals surface area contributed by atoms with Gasteiger partial charge in [-0.15, -0.1) is 0 Å². The summed E-state index contributed by atoms with van der Waals surface area (Å²) in [6, 6.07) is -1.00. The number of allylic oxidation sites excluding steroid dienone is 19. The Morgan fingerprint density at radius 1 is 0.389 bits per heavy atom. The van der Waals surface area contributed by atoms with Crippen molar-refractivity contribution < 1.29 is 89.4 Å². The molecule has 17 unspecified atom stereocenters. The van der Waals surface area contributed by atoms with E-state index in [9.17, 15) is 61.0 Å². The number of carbonyl (C=O) groups excluding carboxylic acids is 1. The lowest BCUT2D eigenvalue weighted by molar-refractivity contribution is -0.379. The smallest absolute Gasteiger partial charge is 0.220 e. The van der Waals surface area contributed by atoms with Crippen LogP contribution in [-0.4, -0.2) is 193 Å². The van der Waals surface area contributed by atoms with Gasteiger partial charge in [-0.05, 0) is 96.3 Å². The van der Waals surface area contributed by atoms with E-state index in [0.29, 0.717) is 12.8 Å². The fourth-order valence-corrected chi connectivity index (χ4v) is 11.4. The highest BCUT2D eigenvalue weighted by Crippen LogP contribution is 2.33. The Morgan fingerprint density at radius 2 is 0.737 bits per heavy atom. The summed E-state index contributed by atoms with van der Waals surface area (Å²) in [5, 5.41) is 121. The second-order valence-electron chi connectivity index (χ2n) is 25.3. The first-order chi connectivity index (χ1) is 46.3. The fraction of sp³-hybridized carbons (Fsp3) is 0.724. The normalized spacial score (nSPS) is 27.9. The van der Waals surface area contributed by atoms with Gasteiger partial charge >= 0.3 is 0 Å². The summed E-state index contributed by atoms with van der Waals surface area (Å²) < 4.78 is 34.3. The summed E-state index contributed by atoms with van der Waals surface area (Å²) in [5.41, 5.74) is 0. The van der Waals surface area contributed by atoms with E-state index < -0.39 is 124 Å². The summed E-state index contributed by atoms with van der Waals surface area (Å²) >= 11 is 0. The van der Waals surface area contributed by atoms with Gasteiger partial charge in [0.25, 0.3) is 0 Å². The Hall–Kier alpha value is -3.81. The van der Waals surface area contributed by atoms with E-state index in [4.69, 9.17) is 28.4 Å². The van der Waals surface area contributed by atoms with Crippen molar-refractivity contribution in [3.8, 4) is 0 Å². The van der Waals surface area contributed by atoms with E-state index in [1.807, 2.05) is 6.08 Å². The monoisotopic (exact) mass is 1340 g/mol. The minimum absolute atomic E-state index is 0.218. The number of unbranched alkanes of at least 4 members (excludes halogenated alkanes) is 20. The molecular weight excluding hydrogens is 1210 g/mol.